The summed E-state index contributed by atoms with van der Waals surface area (Å²) in [5.74, 6) is -0.393. The lowest BCUT2D eigenvalue weighted by Gasteiger charge is -2.05. The molecule has 1 heterocycles. The van der Waals surface area contributed by atoms with Crippen molar-refractivity contribution in [1.82, 2.24) is 10.2 Å². The first-order valence-electron chi connectivity index (χ1n) is 5.33. The van der Waals surface area contributed by atoms with Crippen molar-refractivity contribution in [2.75, 3.05) is 6.61 Å². The molecular formula is C12H11ClN2O3. The molecule has 0 atom stereocenters. The van der Waals surface area contributed by atoms with E-state index >= 15 is 0 Å². The Balaban J connectivity index is 2.35. The number of nitrogens with one attached hydrogen (secondary N) is 1. The van der Waals surface area contributed by atoms with Gasteiger partial charge in [-0.15, -0.1) is 0 Å². The second kappa shape index (κ2) is 5.10. The van der Waals surface area contributed by atoms with Crippen LogP contribution in [-0.2, 0) is 0 Å². The second-order valence-electron chi connectivity index (χ2n) is 3.55. The molecule has 1 aromatic carbocycles. The molecule has 0 aliphatic carbocycles. The Kier molecular flexibility index (Phi) is 3.53. The van der Waals surface area contributed by atoms with Gasteiger partial charge in [0.15, 0.2) is 0 Å². The number of H-pyrrole nitrogens is 1. The smallest absolute Gasteiger partial charge is 0.353 e. The summed E-state index contributed by atoms with van der Waals surface area (Å²) >= 11 is 6.11. The van der Waals surface area contributed by atoms with E-state index in [1.54, 1.807) is 18.2 Å². The predicted molar refractivity (Wildman–Crippen MR) is 67.2 cm³/mol. The number of hydrogen-bond acceptors (Lipinski definition) is 3. The molecule has 6 heteroatoms. The van der Waals surface area contributed by atoms with Gasteiger partial charge in [-0.05, 0) is 31.2 Å². The Morgan fingerprint density at radius 2 is 2.28 bits per heavy atom. The second-order valence-corrected chi connectivity index (χ2v) is 3.95. The third-order valence-corrected chi connectivity index (χ3v) is 2.65. The molecule has 18 heavy (non-hydrogen) atoms. The zero-order valence-corrected chi connectivity index (χ0v) is 10.4. The van der Waals surface area contributed by atoms with Crippen LogP contribution in [0.15, 0.2) is 24.3 Å². The molecule has 0 aliphatic rings. The van der Waals surface area contributed by atoms with Crippen LogP contribution in [-0.4, -0.2) is 27.9 Å². The third-order valence-electron chi connectivity index (χ3n) is 2.34. The number of carboxylic acid groups (broad SMARTS) is 1. The molecule has 0 unspecified atom stereocenters. The molecule has 0 saturated carbocycles. The summed E-state index contributed by atoms with van der Waals surface area (Å²) in [6.07, 6.45) is 0. The lowest BCUT2D eigenvalue weighted by Crippen LogP contribution is -1.95. The zero-order chi connectivity index (χ0) is 13.1. The van der Waals surface area contributed by atoms with Crippen molar-refractivity contribution in [2.24, 2.45) is 0 Å². The van der Waals surface area contributed by atoms with E-state index in [0.29, 0.717) is 28.6 Å². The van der Waals surface area contributed by atoms with Gasteiger partial charge in [-0.2, -0.15) is 5.10 Å². The average Bonchev–Trinajstić information content (AvgIpc) is 2.79. The number of ether oxygens (including phenoxy) is 1. The highest BCUT2D eigenvalue weighted by Crippen LogP contribution is 2.30. The van der Waals surface area contributed by atoms with Gasteiger partial charge < -0.3 is 9.84 Å². The quantitative estimate of drug-likeness (QED) is 0.892. The van der Waals surface area contributed by atoms with Crippen LogP contribution in [0.4, 0.5) is 0 Å². The fourth-order valence-electron chi connectivity index (χ4n) is 1.53. The number of carbonyl (C=O) groups is 1. The van der Waals surface area contributed by atoms with Crippen molar-refractivity contribution < 1.29 is 14.6 Å². The van der Waals surface area contributed by atoms with Crippen molar-refractivity contribution in [3.8, 4) is 17.0 Å². The highest BCUT2D eigenvalue weighted by atomic mass is 35.5. The summed E-state index contributed by atoms with van der Waals surface area (Å²) in [5, 5.41) is 15.6. The molecule has 0 fully saturated rings. The van der Waals surface area contributed by atoms with Gasteiger partial charge in [0.1, 0.15) is 11.4 Å². The molecule has 5 nitrogen and oxygen atoms in total. The van der Waals surface area contributed by atoms with Gasteiger partial charge >= 0.3 is 5.97 Å². The fourth-order valence-corrected chi connectivity index (χ4v) is 1.80. The van der Waals surface area contributed by atoms with Crippen molar-refractivity contribution in [2.45, 2.75) is 6.92 Å². The predicted octanol–water partition coefficient (Wildman–Crippen LogP) is 2.83. The summed E-state index contributed by atoms with van der Waals surface area (Å²) in [6, 6.07) is 6.62. The molecule has 0 radical (unpaired) electrons. The molecule has 2 rings (SSSR count). The summed E-state index contributed by atoms with van der Waals surface area (Å²) in [7, 11) is 0. The number of aromatic nitrogens is 2. The fraction of sp³-hybridized carbons (Fsp3) is 0.167. The van der Waals surface area contributed by atoms with Crippen LogP contribution >= 0.6 is 11.6 Å². The first-order chi connectivity index (χ1) is 8.61. The van der Waals surface area contributed by atoms with Gasteiger partial charge in [0.25, 0.3) is 0 Å². The molecule has 0 saturated heterocycles. The first kappa shape index (κ1) is 12.4. The number of aromatic carboxylic acids is 1. The van der Waals surface area contributed by atoms with E-state index in [1.165, 1.54) is 6.07 Å². The first-order valence-corrected chi connectivity index (χ1v) is 5.71. The number of benzene rings is 1. The van der Waals surface area contributed by atoms with Gasteiger partial charge in [0.05, 0.1) is 17.3 Å². The number of carboxylic acids is 1. The van der Waals surface area contributed by atoms with Crippen molar-refractivity contribution in [3.05, 3.63) is 35.0 Å². The number of aromatic amines is 1. The normalized spacial score (nSPS) is 10.3. The Morgan fingerprint density at radius 3 is 2.83 bits per heavy atom. The van der Waals surface area contributed by atoms with Crippen molar-refractivity contribution in [3.63, 3.8) is 0 Å². The maximum Gasteiger partial charge on any atom is 0.353 e. The largest absolute Gasteiger partial charge is 0.494 e. The van der Waals surface area contributed by atoms with E-state index < -0.39 is 5.97 Å². The van der Waals surface area contributed by atoms with Gasteiger partial charge in [-0.25, -0.2) is 4.79 Å². The van der Waals surface area contributed by atoms with Gasteiger partial charge in [-0.3, -0.25) is 5.10 Å². The van der Waals surface area contributed by atoms with E-state index in [9.17, 15) is 4.79 Å². The van der Waals surface area contributed by atoms with Crippen molar-refractivity contribution in [1.29, 1.82) is 0 Å². The van der Waals surface area contributed by atoms with Crippen LogP contribution in [0.5, 0.6) is 5.75 Å². The molecule has 0 aliphatic heterocycles. The number of hydrogen-bond donors (Lipinski definition) is 2. The monoisotopic (exact) mass is 266 g/mol. The van der Waals surface area contributed by atoms with Crippen LogP contribution in [0.25, 0.3) is 11.3 Å². The average molecular weight is 267 g/mol. The van der Waals surface area contributed by atoms with E-state index in [1.807, 2.05) is 6.92 Å². The lowest BCUT2D eigenvalue weighted by molar-refractivity contribution is 0.0690. The topological polar surface area (TPSA) is 75.2 Å². The standard InChI is InChI=1S/C12H11ClN2O3/c1-2-18-7-3-4-8(9(13)5-7)10-6-11(12(16)17)15-14-10/h3-6H,2H2,1H3,(H,14,15)(H,16,17). The number of nitrogens with zero attached hydrogens (tertiary/aromatic N) is 1. The SMILES string of the molecule is CCOc1ccc(-c2cc(C(=O)O)[nH]n2)c(Cl)c1. The number of halogens is 1. The highest BCUT2D eigenvalue weighted by molar-refractivity contribution is 6.33. The summed E-state index contributed by atoms with van der Waals surface area (Å²) in [4.78, 5) is 10.7. The molecule has 2 N–H and O–H groups in total. The van der Waals surface area contributed by atoms with Crippen LogP contribution < -0.4 is 4.74 Å². The maximum atomic E-state index is 10.7. The molecule has 94 valence electrons. The lowest BCUT2D eigenvalue weighted by atomic mass is 10.1. The van der Waals surface area contributed by atoms with Crippen LogP contribution in [0.2, 0.25) is 5.02 Å². The van der Waals surface area contributed by atoms with Crippen LogP contribution in [0, 0.1) is 0 Å². The summed E-state index contributed by atoms with van der Waals surface area (Å²) < 4.78 is 5.31. The Bertz CT molecular complexity index is 580. The van der Waals surface area contributed by atoms with E-state index in [0.717, 1.165) is 0 Å². The molecule has 1 aromatic heterocycles. The minimum Gasteiger partial charge on any atom is -0.494 e. The molecule has 0 amide bonds. The van der Waals surface area contributed by atoms with Crippen LogP contribution in [0.1, 0.15) is 17.4 Å². The third kappa shape index (κ3) is 2.46. The molecule has 2 aromatic rings. The van der Waals surface area contributed by atoms with Crippen LogP contribution in [0.3, 0.4) is 0 Å². The van der Waals surface area contributed by atoms with Crippen molar-refractivity contribution >= 4 is 17.6 Å². The van der Waals surface area contributed by atoms with E-state index in [4.69, 9.17) is 21.4 Å². The molecule has 0 spiro atoms. The van der Waals surface area contributed by atoms with Gasteiger partial charge in [0.2, 0.25) is 0 Å². The minimum atomic E-state index is -1.06. The Labute approximate surface area is 108 Å². The van der Waals surface area contributed by atoms with E-state index in [-0.39, 0.29) is 5.69 Å². The maximum absolute atomic E-state index is 10.7. The highest BCUT2D eigenvalue weighted by Gasteiger charge is 2.12. The molecule has 0 bridgehead atoms. The molecular weight excluding hydrogens is 256 g/mol. The van der Waals surface area contributed by atoms with Gasteiger partial charge in [0, 0.05) is 5.56 Å². The summed E-state index contributed by atoms with van der Waals surface area (Å²) in [6.45, 7) is 2.44. The number of rotatable bonds is 4. The van der Waals surface area contributed by atoms with E-state index in [2.05, 4.69) is 10.2 Å². The Hall–Kier alpha value is -2.01. The Morgan fingerprint density at radius 1 is 1.50 bits per heavy atom. The minimum absolute atomic E-state index is 0.0231. The van der Waals surface area contributed by atoms with Gasteiger partial charge in [-0.1, -0.05) is 11.6 Å². The summed E-state index contributed by atoms with van der Waals surface area (Å²) in [5.41, 5.74) is 1.17. The zero-order valence-electron chi connectivity index (χ0n) is 9.61.